The molecule has 0 saturated carbocycles. The average molecular weight is 413 g/mol. The number of fused-ring (bicyclic) bond motifs is 1. The Labute approximate surface area is 180 Å². The number of hydrogen-bond acceptors (Lipinski definition) is 6. The zero-order valence-corrected chi connectivity index (χ0v) is 17.4. The van der Waals surface area contributed by atoms with Gasteiger partial charge in [-0.15, -0.1) is 0 Å². The highest BCUT2D eigenvalue weighted by atomic mass is 16.5. The van der Waals surface area contributed by atoms with E-state index in [4.69, 9.17) is 4.74 Å². The SMILES string of the molecule is COCCNC(=O)c1ccc(Nc2ncc3cc(-c4ccncc4)ccc3n2)cc1C. The first-order valence-electron chi connectivity index (χ1n) is 9.96. The Morgan fingerprint density at radius 2 is 1.87 bits per heavy atom. The monoisotopic (exact) mass is 413 g/mol. The second-order valence-corrected chi connectivity index (χ2v) is 7.11. The summed E-state index contributed by atoms with van der Waals surface area (Å²) in [6, 6.07) is 15.6. The third kappa shape index (κ3) is 4.84. The van der Waals surface area contributed by atoms with Gasteiger partial charge in [0.1, 0.15) is 0 Å². The van der Waals surface area contributed by atoms with Crippen molar-refractivity contribution in [2.45, 2.75) is 6.92 Å². The van der Waals surface area contributed by atoms with Crippen LogP contribution in [-0.2, 0) is 4.74 Å². The molecule has 2 aromatic heterocycles. The van der Waals surface area contributed by atoms with Crippen molar-refractivity contribution in [1.82, 2.24) is 20.3 Å². The Kier molecular flexibility index (Phi) is 6.14. The fourth-order valence-corrected chi connectivity index (χ4v) is 3.30. The summed E-state index contributed by atoms with van der Waals surface area (Å²) in [7, 11) is 1.60. The Morgan fingerprint density at radius 1 is 1.03 bits per heavy atom. The van der Waals surface area contributed by atoms with Crippen LogP contribution in [0, 0.1) is 6.92 Å². The molecular weight excluding hydrogens is 390 g/mol. The summed E-state index contributed by atoms with van der Waals surface area (Å²) in [5.41, 5.74) is 5.35. The number of methoxy groups -OCH3 is 1. The highest BCUT2D eigenvalue weighted by Gasteiger charge is 2.10. The lowest BCUT2D eigenvalue weighted by molar-refractivity contribution is 0.0936. The van der Waals surface area contributed by atoms with Crippen LogP contribution in [0.15, 0.2) is 67.1 Å². The van der Waals surface area contributed by atoms with Crippen molar-refractivity contribution in [3.63, 3.8) is 0 Å². The molecule has 0 fully saturated rings. The Morgan fingerprint density at radius 3 is 2.65 bits per heavy atom. The second kappa shape index (κ2) is 9.32. The van der Waals surface area contributed by atoms with Crippen LogP contribution in [0.25, 0.3) is 22.0 Å². The molecule has 4 aromatic rings. The molecule has 0 radical (unpaired) electrons. The molecule has 4 rings (SSSR count). The minimum atomic E-state index is -0.118. The number of anilines is 2. The Balaban J connectivity index is 1.50. The van der Waals surface area contributed by atoms with Crippen LogP contribution in [-0.4, -0.2) is 41.1 Å². The lowest BCUT2D eigenvalue weighted by atomic mass is 10.1. The molecule has 0 aliphatic heterocycles. The molecule has 1 amide bonds. The third-order valence-electron chi connectivity index (χ3n) is 4.91. The number of carbonyl (C=O) groups is 1. The normalized spacial score (nSPS) is 10.8. The van der Waals surface area contributed by atoms with Gasteiger partial charge in [-0.25, -0.2) is 9.97 Å². The van der Waals surface area contributed by atoms with Crippen LogP contribution in [0.4, 0.5) is 11.6 Å². The average Bonchev–Trinajstić information content (AvgIpc) is 2.79. The van der Waals surface area contributed by atoms with Gasteiger partial charge < -0.3 is 15.4 Å². The highest BCUT2D eigenvalue weighted by molar-refractivity contribution is 5.96. The lowest BCUT2D eigenvalue weighted by Crippen LogP contribution is -2.27. The van der Waals surface area contributed by atoms with Crippen molar-refractivity contribution in [2.75, 3.05) is 25.6 Å². The zero-order chi connectivity index (χ0) is 21.6. The summed E-state index contributed by atoms with van der Waals surface area (Å²) >= 11 is 0. The van der Waals surface area contributed by atoms with E-state index in [1.807, 2.05) is 43.3 Å². The van der Waals surface area contributed by atoms with E-state index in [0.717, 1.165) is 33.3 Å². The standard InChI is InChI=1S/C24H23N5O2/c1-16-13-20(4-5-21(16)23(30)26-11-12-31-2)28-24-27-15-19-14-18(3-6-22(19)29-24)17-7-9-25-10-8-17/h3-10,13-15H,11-12H2,1-2H3,(H,26,30)(H,27,28,29). The molecule has 2 N–H and O–H groups in total. The fourth-order valence-electron chi connectivity index (χ4n) is 3.30. The number of pyridine rings is 1. The summed E-state index contributed by atoms with van der Waals surface area (Å²) in [5.74, 6) is 0.383. The number of nitrogens with zero attached hydrogens (tertiary/aromatic N) is 3. The smallest absolute Gasteiger partial charge is 0.251 e. The number of aryl methyl sites for hydroxylation is 1. The predicted octanol–water partition coefficient (Wildman–Crippen LogP) is 4.12. The molecular formula is C24H23N5O2. The van der Waals surface area contributed by atoms with E-state index in [2.05, 4.69) is 31.7 Å². The number of benzene rings is 2. The number of aromatic nitrogens is 3. The molecule has 31 heavy (non-hydrogen) atoms. The van der Waals surface area contributed by atoms with E-state index < -0.39 is 0 Å². The van der Waals surface area contributed by atoms with Gasteiger partial charge in [0.15, 0.2) is 0 Å². The fraction of sp³-hybridized carbons (Fsp3) is 0.167. The minimum absolute atomic E-state index is 0.118. The first-order valence-corrected chi connectivity index (χ1v) is 9.96. The summed E-state index contributed by atoms with van der Waals surface area (Å²) in [6.45, 7) is 2.86. The Bertz CT molecular complexity index is 1210. The quantitative estimate of drug-likeness (QED) is 0.443. The van der Waals surface area contributed by atoms with Crippen molar-refractivity contribution < 1.29 is 9.53 Å². The van der Waals surface area contributed by atoms with Crippen LogP contribution >= 0.6 is 0 Å². The van der Waals surface area contributed by atoms with Gasteiger partial charge in [-0.05, 0) is 66.1 Å². The van der Waals surface area contributed by atoms with Crippen LogP contribution in [0.1, 0.15) is 15.9 Å². The summed E-state index contributed by atoms with van der Waals surface area (Å²) in [4.78, 5) is 25.4. The number of ether oxygens (including phenoxy) is 1. The van der Waals surface area contributed by atoms with Crippen LogP contribution < -0.4 is 10.6 Å². The van der Waals surface area contributed by atoms with Gasteiger partial charge in [-0.2, -0.15) is 0 Å². The molecule has 0 unspecified atom stereocenters. The summed E-state index contributed by atoms with van der Waals surface area (Å²) < 4.78 is 4.96. The molecule has 0 atom stereocenters. The van der Waals surface area contributed by atoms with Crippen molar-refractivity contribution in [2.24, 2.45) is 0 Å². The van der Waals surface area contributed by atoms with E-state index in [0.29, 0.717) is 24.7 Å². The van der Waals surface area contributed by atoms with E-state index in [1.165, 1.54) is 0 Å². The van der Waals surface area contributed by atoms with Gasteiger partial charge in [0.25, 0.3) is 5.91 Å². The number of rotatable bonds is 7. The summed E-state index contributed by atoms with van der Waals surface area (Å²) in [6.07, 6.45) is 5.36. The van der Waals surface area contributed by atoms with Crippen molar-refractivity contribution in [3.8, 4) is 11.1 Å². The highest BCUT2D eigenvalue weighted by Crippen LogP contribution is 2.24. The predicted molar refractivity (Wildman–Crippen MR) is 121 cm³/mol. The molecule has 7 nitrogen and oxygen atoms in total. The molecule has 7 heteroatoms. The van der Waals surface area contributed by atoms with Gasteiger partial charge in [-0.3, -0.25) is 9.78 Å². The number of carbonyl (C=O) groups excluding carboxylic acids is 1. The van der Waals surface area contributed by atoms with Crippen LogP contribution in [0.5, 0.6) is 0 Å². The van der Waals surface area contributed by atoms with E-state index in [9.17, 15) is 4.79 Å². The third-order valence-corrected chi connectivity index (χ3v) is 4.91. The maximum absolute atomic E-state index is 12.3. The molecule has 0 spiro atoms. The van der Waals surface area contributed by atoms with Gasteiger partial charge in [-0.1, -0.05) is 6.07 Å². The van der Waals surface area contributed by atoms with E-state index in [-0.39, 0.29) is 5.91 Å². The van der Waals surface area contributed by atoms with Gasteiger partial charge >= 0.3 is 0 Å². The molecule has 156 valence electrons. The second-order valence-electron chi connectivity index (χ2n) is 7.11. The number of hydrogen-bond donors (Lipinski definition) is 2. The number of nitrogens with one attached hydrogen (secondary N) is 2. The maximum Gasteiger partial charge on any atom is 0.251 e. The lowest BCUT2D eigenvalue weighted by Gasteiger charge is -2.11. The topological polar surface area (TPSA) is 89.0 Å². The van der Waals surface area contributed by atoms with Gasteiger partial charge in [0.05, 0.1) is 12.1 Å². The molecule has 2 heterocycles. The van der Waals surface area contributed by atoms with Crippen molar-refractivity contribution in [3.05, 3.63) is 78.2 Å². The molecule has 0 saturated heterocycles. The van der Waals surface area contributed by atoms with Gasteiger partial charge in [0.2, 0.25) is 5.95 Å². The molecule has 2 aromatic carbocycles. The molecule has 0 aliphatic rings. The van der Waals surface area contributed by atoms with E-state index in [1.54, 1.807) is 31.8 Å². The van der Waals surface area contributed by atoms with Crippen LogP contribution in [0.2, 0.25) is 0 Å². The van der Waals surface area contributed by atoms with Crippen molar-refractivity contribution in [1.29, 1.82) is 0 Å². The minimum Gasteiger partial charge on any atom is -0.383 e. The Hall–Kier alpha value is -3.84. The largest absolute Gasteiger partial charge is 0.383 e. The van der Waals surface area contributed by atoms with Gasteiger partial charge in [0, 0.05) is 48.9 Å². The first kappa shape index (κ1) is 20.4. The zero-order valence-electron chi connectivity index (χ0n) is 17.4. The van der Waals surface area contributed by atoms with E-state index >= 15 is 0 Å². The maximum atomic E-state index is 12.3. The summed E-state index contributed by atoms with van der Waals surface area (Å²) in [5, 5.41) is 7.01. The molecule has 0 bridgehead atoms. The number of amides is 1. The molecule has 0 aliphatic carbocycles. The first-order chi connectivity index (χ1) is 15.1. The van der Waals surface area contributed by atoms with Crippen LogP contribution in [0.3, 0.4) is 0 Å². The van der Waals surface area contributed by atoms with Crippen molar-refractivity contribution >= 4 is 28.4 Å².